The third-order valence-electron chi connectivity index (χ3n) is 2.87. The second kappa shape index (κ2) is 8.84. The number of carbonyl (C=O) groups excluding carboxylic acids is 2. The minimum Gasteiger partial charge on any atom is -0.460 e. The lowest BCUT2D eigenvalue weighted by atomic mass is 10.2. The normalized spacial score (nSPS) is 9.95. The van der Waals surface area contributed by atoms with Crippen LogP contribution < -0.4 is 10.2 Å². The van der Waals surface area contributed by atoms with Gasteiger partial charge in [-0.05, 0) is 31.2 Å². The largest absolute Gasteiger partial charge is 0.460 e. The SMILES string of the molecule is C=C(C)C(=O)OCCN(CCO)c1ccc(NC(C)=O)cc1. The van der Waals surface area contributed by atoms with Crippen LogP contribution in [-0.2, 0) is 14.3 Å². The molecule has 0 aromatic heterocycles. The quantitative estimate of drug-likeness (QED) is 0.563. The second-order valence-corrected chi connectivity index (χ2v) is 4.85. The molecule has 0 saturated heterocycles. The number of ether oxygens (including phenoxy) is 1. The monoisotopic (exact) mass is 306 g/mol. The fourth-order valence-electron chi connectivity index (χ4n) is 1.82. The van der Waals surface area contributed by atoms with Gasteiger partial charge in [0.1, 0.15) is 6.61 Å². The van der Waals surface area contributed by atoms with Crippen molar-refractivity contribution < 1.29 is 19.4 Å². The Kier molecular flexibility index (Phi) is 7.12. The molecule has 2 N–H and O–H groups in total. The number of aliphatic hydroxyl groups excluding tert-OH is 1. The van der Waals surface area contributed by atoms with Crippen LogP contribution in [-0.4, -0.2) is 43.3 Å². The molecule has 120 valence electrons. The standard InChI is InChI=1S/C16H22N2O4/c1-12(2)16(21)22-11-9-18(8-10-19)15-6-4-14(5-7-15)17-13(3)20/h4-7,19H,1,8-11H2,2-3H3,(H,17,20). The molecule has 0 atom stereocenters. The van der Waals surface area contributed by atoms with Crippen LogP contribution in [0.1, 0.15) is 13.8 Å². The fourth-order valence-corrected chi connectivity index (χ4v) is 1.82. The predicted octanol–water partition coefficient (Wildman–Crippen LogP) is 1.56. The third kappa shape index (κ3) is 5.97. The van der Waals surface area contributed by atoms with Gasteiger partial charge in [-0.2, -0.15) is 0 Å². The van der Waals surface area contributed by atoms with E-state index in [1.54, 1.807) is 19.1 Å². The Labute approximate surface area is 130 Å². The maximum Gasteiger partial charge on any atom is 0.333 e. The van der Waals surface area contributed by atoms with Crippen molar-refractivity contribution in [1.82, 2.24) is 0 Å². The number of nitrogens with one attached hydrogen (secondary N) is 1. The first-order valence-electron chi connectivity index (χ1n) is 7.00. The lowest BCUT2D eigenvalue weighted by Gasteiger charge is -2.24. The van der Waals surface area contributed by atoms with Gasteiger partial charge in [-0.1, -0.05) is 6.58 Å². The summed E-state index contributed by atoms with van der Waals surface area (Å²) in [5.74, 6) is -0.559. The Morgan fingerprint density at radius 3 is 2.36 bits per heavy atom. The minimum atomic E-state index is -0.426. The van der Waals surface area contributed by atoms with Gasteiger partial charge >= 0.3 is 5.97 Å². The summed E-state index contributed by atoms with van der Waals surface area (Å²) in [4.78, 5) is 24.2. The number of benzene rings is 1. The molecule has 0 saturated carbocycles. The van der Waals surface area contributed by atoms with Gasteiger partial charge in [-0.15, -0.1) is 0 Å². The van der Waals surface area contributed by atoms with Crippen LogP contribution in [0.4, 0.5) is 11.4 Å². The fraction of sp³-hybridized carbons (Fsp3) is 0.375. The Bertz CT molecular complexity index is 525. The van der Waals surface area contributed by atoms with Gasteiger partial charge in [0.2, 0.25) is 5.91 Å². The molecule has 22 heavy (non-hydrogen) atoms. The van der Waals surface area contributed by atoms with Crippen LogP contribution in [0.2, 0.25) is 0 Å². The molecule has 0 aliphatic heterocycles. The van der Waals surface area contributed by atoms with Crippen molar-refractivity contribution in [3.05, 3.63) is 36.4 Å². The van der Waals surface area contributed by atoms with Crippen LogP contribution in [0.5, 0.6) is 0 Å². The third-order valence-corrected chi connectivity index (χ3v) is 2.87. The molecule has 0 aliphatic rings. The lowest BCUT2D eigenvalue weighted by molar-refractivity contribution is -0.138. The number of amides is 1. The zero-order chi connectivity index (χ0) is 16.5. The zero-order valence-corrected chi connectivity index (χ0v) is 13.0. The smallest absolute Gasteiger partial charge is 0.333 e. The Morgan fingerprint density at radius 1 is 1.23 bits per heavy atom. The molecular weight excluding hydrogens is 284 g/mol. The van der Waals surface area contributed by atoms with Crippen molar-refractivity contribution in [2.75, 3.05) is 36.5 Å². The van der Waals surface area contributed by atoms with Gasteiger partial charge in [0.05, 0.1) is 13.2 Å². The second-order valence-electron chi connectivity index (χ2n) is 4.85. The van der Waals surface area contributed by atoms with E-state index in [9.17, 15) is 9.59 Å². The van der Waals surface area contributed by atoms with Crippen LogP contribution in [0, 0.1) is 0 Å². The molecule has 6 nitrogen and oxygen atoms in total. The summed E-state index contributed by atoms with van der Waals surface area (Å²) in [6, 6.07) is 7.23. The molecule has 1 aromatic carbocycles. The van der Waals surface area contributed by atoms with E-state index in [0.717, 1.165) is 5.69 Å². The highest BCUT2D eigenvalue weighted by molar-refractivity contribution is 5.88. The van der Waals surface area contributed by atoms with E-state index in [1.807, 2.05) is 17.0 Å². The average molecular weight is 306 g/mol. The van der Waals surface area contributed by atoms with Crippen molar-refractivity contribution in [1.29, 1.82) is 0 Å². The minimum absolute atomic E-state index is 0.0120. The average Bonchev–Trinajstić information content (AvgIpc) is 2.46. The summed E-state index contributed by atoms with van der Waals surface area (Å²) in [6.45, 7) is 7.63. The van der Waals surface area contributed by atoms with Crippen LogP contribution in [0.3, 0.4) is 0 Å². The Balaban J connectivity index is 2.63. The van der Waals surface area contributed by atoms with E-state index in [2.05, 4.69) is 11.9 Å². The maximum atomic E-state index is 11.3. The van der Waals surface area contributed by atoms with E-state index in [4.69, 9.17) is 9.84 Å². The van der Waals surface area contributed by atoms with Crippen molar-refractivity contribution in [3.8, 4) is 0 Å². The van der Waals surface area contributed by atoms with E-state index in [-0.39, 0.29) is 19.1 Å². The summed E-state index contributed by atoms with van der Waals surface area (Å²) in [7, 11) is 0. The molecule has 0 fully saturated rings. The number of hydrogen-bond acceptors (Lipinski definition) is 5. The molecule has 0 bridgehead atoms. The van der Waals surface area contributed by atoms with Crippen molar-refractivity contribution in [2.24, 2.45) is 0 Å². The summed E-state index contributed by atoms with van der Waals surface area (Å²) < 4.78 is 5.06. The van der Waals surface area contributed by atoms with E-state index in [1.165, 1.54) is 6.92 Å². The van der Waals surface area contributed by atoms with Crippen LogP contribution in [0.25, 0.3) is 0 Å². The van der Waals surface area contributed by atoms with Crippen molar-refractivity contribution in [2.45, 2.75) is 13.8 Å². The number of rotatable bonds is 8. The Morgan fingerprint density at radius 2 is 1.86 bits per heavy atom. The van der Waals surface area contributed by atoms with E-state index < -0.39 is 5.97 Å². The lowest BCUT2D eigenvalue weighted by Crippen LogP contribution is -2.31. The molecule has 1 amide bonds. The molecule has 0 aliphatic carbocycles. The maximum absolute atomic E-state index is 11.3. The van der Waals surface area contributed by atoms with Crippen LogP contribution >= 0.6 is 0 Å². The number of esters is 1. The molecular formula is C16H22N2O4. The summed E-state index contributed by atoms with van der Waals surface area (Å²) in [6.07, 6.45) is 0. The first-order valence-corrected chi connectivity index (χ1v) is 7.00. The van der Waals surface area contributed by atoms with Gasteiger partial charge in [0, 0.05) is 30.4 Å². The van der Waals surface area contributed by atoms with Gasteiger partial charge in [-0.3, -0.25) is 4.79 Å². The summed E-state index contributed by atoms with van der Waals surface area (Å²) in [5.41, 5.74) is 1.93. The highest BCUT2D eigenvalue weighted by Gasteiger charge is 2.09. The van der Waals surface area contributed by atoms with Gasteiger partial charge in [0.15, 0.2) is 0 Å². The van der Waals surface area contributed by atoms with E-state index in [0.29, 0.717) is 24.4 Å². The molecule has 0 unspecified atom stereocenters. The van der Waals surface area contributed by atoms with Crippen molar-refractivity contribution in [3.63, 3.8) is 0 Å². The highest BCUT2D eigenvalue weighted by atomic mass is 16.5. The number of carbonyl (C=O) groups is 2. The molecule has 0 heterocycles. The zero-order valence-electron chi connectivity index (χ0n) is 13.0. The molecule has 0 radical (unpaired) electrons. The molecule has 0 spiro atoms. The van der Waals surface area contributed by atoms with E-state index >= 15 is 0 Å². The Hall–Kier alpha value is -2.34. The van der Waals surface area contributed by atoms with Gasteiger partial charge < -0.3 is 20.1 Å². The van der Waals surface area contributed by atoms with Gasteiger partial charge in [-0.25, -0.2) is 4.79 Å². The number of hydrogen-bond donors (Lipinski definition) is 2. The number of nitrogens with zero attached hydrogens (tertiary/aromatic N) is 1. The first kappa shape index (κ1) is 17.7. The molecule has 1 rings (SSSR count). The summed E-state index contributed by atoms with van der Waals surface area (Å²) >= 11 is 0. The predicted molar refractivity (Wildman–Crippen MR) is 85.8 cm³/mol. The topological polar surface area (TPSA) is 78.9 Å². The summed E-state index contributed by atoms with van der Waals surface area (Å²) in [5, 5.41) is 11.8. The number of anilines is 2. The molecule has 1 aromatic rings. The van der Waals surface area contributed by atoms with Crippen molar-refractivity contribution >= 4 is 23.3 Å². The number of aliphatic hydroxyl groups is 1. The molecule has 6 heteroatoms. The van der Waals surface area contributed by atoms with Crippen LogP contribution in [0.15, 0.2) is 36.4 Å². The van der Waals surface area contributed by atoms with Gasteiger partial charge in [0.25, 0.3) is 0 Å². The first-order chi connectivity index (χ1) is 10.4. The highest BCUT2D eigenvalue weighted by Crippen LogP contribution is 2.17.